The van der Waals surface area contributed by atoms with Gasteiger partial charge in [0.25, 0.3) is 0 Å². The van der Waals surface area contributed by atoms with Gasteiger partial charge in [-0.3, -0.25) is 0 Å². The fraction of sp³-hybridized carbons (Fsp3) is 0.125. The molecule has 78 valence electrons. The normalized spacial score (nSPS) is 15.0. The van der Waals surface area contributed by atoms with E-state index in [9.17, 15) is 4.79 Å². The summed E-state index contributed by atoms with van der Waals surface area (Å²) in [5.41, 5.74) is 1.11. The number of aromatic nitrogens is 1. The molecule has 0 unspecified atom stereocenters. The van der Waals surface area contributed by atoms with Crippen LogP contribution < -0.4 is 4.72 Å². The molecule has 0 aromatic carbocycles. The second kappa shape index (κ2) is 4.45. The van der Waals surface area contributed by atoms with Crippen molar-refractivity contribution >= 4 is 41.0 Å². The van der Waals surface area contributed by atoms with Gasteiger partial charge in [0, 0.05) is 6.20 Å². The first-order chi connectivity index (χ1) is 7.31. The summed E-state index contributed by atoms with van der Waals surface area (Å²) in [6.45, 7) is 0. The van der Waals surface area contributed by atoms with Crippen molar-refractivity contribution in [2.75, 3.05) is 7.11 Å². The van der Waals surface area contributed by atoms with E-state index < -0.39 is 5.97 Å². The first kappa shape index (κ1) is 10.2. The molecule has 2 rings (SSSR count). The number of carbonyl (C=O) groups excluding carboxylic acids is 1. The highest BCUT2D eigenvalue weighted by Gasteiger charge is 2.16. The van der Waals surface area contributed by atoms with Gasteiger partial charge >= 0.3 is 5.97 Å². The van der Waals surface area contributed by atoms with Gasteiger partial charge in [-0.05, 0) is 23.7 Å². The van der Waals surface area contributed by atoms with Gasteiger partial charge in [0.2, 0.25) is 0 Å². The molecule has 1 N–H and O–H groups in total. The van der Waals surface area contributed by atoms with Gasteiger partial charge in [-0.25, -0.2) is 9.17 Å². The number of nitrogens with one attached hydrogen (secondary N) is 1. The van der Waals surface area contributed by atoms with Gasteiger partial charge in [-0.2, -0.15) is 4.40 Å². The molecule has 1 aromatic heterocycles. The SMILES string of the molecule is COC(=O)C1=NSNC(c2ccns2)=C1. The summed E-state index contributed by atoms with van der Waals surface area (Å²) < 4.78 is 15.5. The van der Waals surface area contributed by atoms with Crippen LogP contribution in [0.3, 0.4) is 0 Å². The summed E-state index contributed by atoms with van der Waals surface area (Å²) in [6, 6.07) is 1.87. The number of nitrogens with zero attached hydrogens (tertiary/aromatic N) is 2. The smallest absolute Gasteiger partial charge is 0.357 e. The summed E-state index contributed by atoms with van der Waals surface area (Å²) in [7, 11) is 1.33. The lowest BCUT2D eigenvalue weighted by molar-refractivity contribution is -0.132. The van der Waals surface area contributed by atoms with Crippen LogP contribution in [0.4, 0.5) is 0 Å². The monoisotopic (exact) mass is 241 g/mol. The van der Waals surface area contributed by atoms with Crippen molar-refractivity contribution < 1.29 is 9.53 Å². The van der Waals surface area contributed by atoms with E-state index in [1.54, 1.807) is 12.3 Å². The topological polar surface area (TPSA) is 63.6 Å². The van der Waals surface area contributed by atoms with E-state index in [2.05, 4.69) is 18.2 Å². The Bertz CT molecular complexity index is 425. The number of esters is 1. The van der Waals surface area contributed by atoms with Gasteiger partial charge < -0.3 is 9.46 Å². The molecule has 1 aliphatic rings. The Balaban J connectivity index is 2.25. The lowest BCUT2D eigenvalue weighted by atomic mass is 10.2. The second-order valence-corrected chi connectivity index (χ2v) is 4.00. The highest BCUT2D eigenvalue weighted by molar-refractivity contribution is 7.96. The third-order valence-corrected chi connectivity index (χ3v) is 3.06. The summed E-state index contributed by atoms with van der Waals surface area (Å²) in [4.78, 5) is 12.2. The summed E-state index contributed by atoms with van der Waals surface area (Å²) >= 11 is 2.45. The Kier molecular flexibility index (Phi) is 3.02. The predicted octanol–water partition coefficient (Wildman–Crippen LogP) is 1.26. The minimum atomic E-state index is -0.439. The molecule has 1 aliphatic heterocycles. The van der Waals surface area contributed by atoms with E-state index in [4.69, 9.17) is 0 Å². The maximum absolute atomic E-state index is 11.2. The van der Waals surface area contributed by atoms with E-state index in [1.807, 2.05) is 6.07 Å². The van der Waals surface area contributed by atoms with Crippen molar-refractivity contribution in [3.8, 4) is 0 Å². The Morgan fingerprint density at radius 2 is 2.47 bits per heavy atom. The maximum Gasteiger partial charge on any atom is 0.357 e. The number of rotatable bonds is 2. The van der Waals surface area contributed by atoms with Crippen LogP contribution in [0.2, 0.25) is 0 Å². The van der Waals surface area contributed by atoms with Crippen molar-refractivity contribution in [3.63, 3.8) is 0 Å². The van der Waals surface area contributed by atoms with Crippen LogP contribution >= 0.6 is 23.7 Å². The molecule has 0 aliphatic carbocycles. The van der Waals surface area contributed by atoms with Gasteiger partial charge in [0.15, 0.2) is 5.71 Å². The van der Waals surface area contributed by atoms with Crippen molar-refractivity contribution in [1.29, 1.82) is 0 Å². The van der Waals surface area contributed by atoms with Crippen molar-refractivity contribution in [3.05, 3.63) is 23.2 Å². The fourth-order valence-electron chi connectivity index (χ4n) is 0.991. The Hall–Kier alpha value is -1.34. The molecular formula is C8H7N3O2S2. The molecular weight excluding hydrogens is 234 g/mol. The van der Waals surface area contributed by atoms with E-state index in [-0.39, 0.29) is 0 Å². The second-order valence-electron chi connectivity index (χ2n) is 2.60. The molecule has 0 atom stereocenters. The molecule has 0 saturated carbocycles. The van der Waals surface area contributed by atoms with Crippen LogP contribution in [0.25, 0.3) is 5.70 Å². The van der Waals surface area contributed by atoms with E-state index in [0.717, 1.165) is 22.7 Å². The highest BCUT2D eigenvalue weighted by Crippen LogP contribution is 2.22. The third kappa shape index (κ3) is 2.18. The lowest BCUT2D eigenvalue weighted by Crippen LogP contribution is -2.18. The van der Waals surface area contributed by atoms with Crippen molar-refractivity contribution in [1.82, 2.24) is 9.10 Å². The number of carbonyl (C=O) groups is 1. The molecule has 0 bridgehead atoms. The minimum Gasteiger partial charge on any atom is -0.464 e. The fourth-order valence-corrected chi connectivity index (χ4v) is 2.16. The van der Waals surface area contributed by atoms with Gasteiger partial charge in [0.05, 0.1) is 29.8 Å². The molecule has 5 nitrogen and oxygen atoms in total. The van der Waals surface area contributed by atoms with Crippen LogP contribution in [-0.4, -0.2) is 23.2 Å². The Morgan fingerprint density at radius 1 is 1.60 bits per heavy atom. The van der Waals surface area contributed by atoms with E-state index >= 15 is 0 Å². The lowest BCUT2D eigenvalue weighted by Gasteiger charge is -2.10. The average Bonchev–Trinajstić information content (AvgIpc) is 2.82. The number of hydrogen-bond acceptors (Lipinski definition) is 7. The summed E-state index contributed by atoms with van der Waals surface area (Å²) in [5.74, 6) is -0.439. The maximum atomic E-state index is 11.2. The molecule has 2 heterocycles. The third-order valence-electron chi connectivity index (χ3n) is 1.68. The molecule has 0 radical (unpaired) electrons. The largest absolute Gasteiger partial charge is 0.464 e. The molecule has 0 fully saturated rings. The van der Waals surface area contributed by atoms with Gasteiger partial charge in [0.1, 0.15) is 0 Å². The first-order valence-electron chi connectivity index (χ1n) is 4.02. The van der Waals surface area contributed by atoms with Gasteiger partial charge in [-0.15, -0.1) is 0 Å². The standard InChI is InChI=1S/C8H7N3O2S2/c1-13-8(12)6-4-5(10-15-11-6)7-2-3-9-14-7/h2-4,10H,1H3. The zero-order chi connectivity index (χ0) is 10.7. The zero-order valence-corrected chi connectivity index (χ0v) is 9.39. The Labute approximate surface area is 94.7 Å². The van der Waals surface area contributed by atoms with Crippen LogP contribution in [-0.2, 0) is 9.53 Å². The number of methoxy groups -OCH3 is 1. The van der Waals surface area contributed by atoms with Crippen LogP contribution in [0.1, 0.15) is 4.88 Å². The molecule has 15 heavy (non-hydrogen) atoms. The zero-order valence-electron chi connectivity index (χ0n) is 7.76. The predicted molar refractivity (Wildman–Crippen MR) is 60.3 cm³/mol. The summed E-state index contributed by atoms with van der Waals surface area (Å²) in [5, 5.41) is 0. The van der Waals surface area contributed by atoms with Crippen LogP contribution in [0.5, 0.6) is 0 Å². The number of hydrogen-bond donors (Lipinski definition) is 1. The minimum absolute atomic E-state index is 0.296. The molecule has 0 spiro atoms. The van der Waals surface area contributed by atoms with E-state index in [1.165, 1.54) is 18.6 Å². The average molecular weight is 241 g/mol. The van der Waals surface area contributed by atoms with E-state index in [0.29, 0.717) is 5.71 Å². The highest BCUT2D eigenvalue weighted by atomic mass is 32.2. The van der Waals surface area contributed by atoms with Crippen molar-refractivity contribution in [2.24, 2.45) is 4.40 Å². The molecule has 7 heteroatoms. The summed E-state index contributed by atoms with van der Waals surface area (Å²) in [6.07, 6.45) is 3.35. The molecule has 0 amide bonds. The quantitative estimate of drug-likeness (QED) is 0.624. The van der Waals surface area contributed by atoms with Crippen molar-refractivity contribution in [2.45, 2.75) is 0 Å². The van der Waals surface area contributed by atoms with Gasteiger partial charge in [-0.1, -0.05) is 0 Å². The first-order valence-corrected chi connectivity index (χ1v) is 5.57. The molecule has 1 aromatic rings. The van der Waals surface area contributed by atoms with Crippen LogP contribution in [0, 0.1) is 0 Å². The Morgan fingerprint density at radius 3 is 3.13 bits per heavy atom. The molecule has 0 saturated heterocycles. The van der Waals surface area contributed by atoms with Crippen LogP contribution in [0.15, 0.2) is 22.7 Å². The number of ether oxygens (including phenoxy) is 1.